The van der Waals surface area contributed by atoms with Crippen LogP contribution in [0.1, 0.15) is 43.2 Å². The molecule has 3 aromatic rings. The topological polar surface area (TPSA) is 72.2 Å². The number of hydrogen-bond acceptors (Lipinski definition) is 5. The first-order valence-corrected chi connectivity index (χ1v) is 12.0. The van der Waals surface area contributed by atoms with Gasteiger partial charge in [0.2, 0.25) is 0 Å². The van der Waals surface area contributed by atoms with E-state index in [1.165, 1.54) is 4.88 Å². The lowest BCUT2D eigenvalue weighted by Gasteiger charge is -2.33. The molecule has 0 aliphatic heterocycles. The van der Waals surface area contributed by atoms with E-state index in [1.807, 2.05) is 30.3 Å². The van der Waals surface area contributed by atoms with Crippen LogP contribution in [0, 0.1) is 11.3 Å². The van der Waals surface area contributed by atoms with Gasteiger partial charge < -0.3 is 5.11 Å². The fraction of sp³-hybridized carbons (Fsp3) is 0.435. The van der Waals surface area contributed by atoms with Crippen molar-refractivity contribution >= 4 is 39.3 Å². The quantitative estimate of drug-likeness (QED) is 0.452. The maximum atomic E-state index is 13.6. The van der Waals surface area contributed by atoms with Crippen LogP contribution in [0.2, 0.25) is 0 Å². The number of carboxylic acids is 1. The molecule has 0 saturated carbocycles. The zero-order valence-corrected chi connectivity index (χ0v) is 19.1. The van der Waals surface area contributed by atoms with Gasteiger partial charge in [0.15, 0.2) is 5.16 Å². The summed E-state index contributed by atoms with van der Waals surface area (Å²) in [5.41, 5.74) is 2.33. The second kappa shape index (κ2) is 8.19. The Hall–Kier alpha value is -2.12. The van der Waals surface area contributed by atoms with Crippen LogP contribution in [-0.4, -0.2) is 26.4 Å². The van der Waals surface area contributed by atoms with E-state index in [-0.39, 0.29) is 16.7 Å². The van der Waals surface area contributed by atoms with Gasteiger partial charge in [-0.15, -0.1) is 11.3 Å². The molecule has 2 aromatic heterocycles. The van der Waals surface area contributed by atoms with Gasteiger partial charge in [0.05, 0.1) is 17.7 Å². The molecular formula is C23H26N2O3S2. The number of rotatable bonds is 5. The molecule has 1 unspecified atom stereocenters. The van der Waals surface area contributed by atoms with Gasteiger partial charge in [-0.3, -0.25) is 14.2 Å². The van der Waals surface area contributed by atoms with Gasteiger partial charge in [0, 0.05) is 4.88 Å². The van der Waals surface area contributed by atoms with E-state index < -0.39 is 5.97 Å². The van der Waals surface area contributed by atoms with Crippen molar-refractivity contribution < 1.29 is 9.90 Å². The summed E-state index contributed by atoms with van der Waals surface area (Å²) in [6.45, 7) is 7.23. The van der Waals surface area contributed by atoms with Crippen molar-refractivity contribution in [2.75, 3.05) is 5.75 Å². The third-order valence-electron chi connectivity index (χ3n) is 5.87. The molecule has 7 heteroatoms. The third-order valence-corrected chi connectivity index (χ3v) is 7.98. The molecule has 0 radical (unpaired) electrons. The first-order valence-electron chi connectivity index (χ1n) is 10.2. The molecule has 1 N–H and O–H groups in total. The van der Waals surface area contributed by atoms with Crippen LogP contribution >= 0.6 is 23.1 Å². The molecule has 1 aliphatic rings. The van der Waals surface area contributed by atoms with Crippen LogP contribution in [0.25, 0.3) is 10.2 Å². The fourth-order valence-corrected chi connectivity index (χ4v) is 6.18. The SMILES string of the molecule is CC(C)(C)C1CCc2c(sc3nc(SCC(=O)O)n(Cc4ccccc4)c(=O)c23)C1. The summed E-state index contributed by atoms with van der Waals surface area (Å²) in [7, 11) is 0. The highest BCUT2D eigenvalue weighted by Gasteiger charge is 2.32. The summed E-state index contributed by atoms with van der Waals surface area (Å²) in [5.74, 6) is -0.450. The molecule has 2 heterocycles. The van der Waals surface area contributed by atoms with Crippen LogP contribution in [-0.2, 0) is 24.2 Å². The van der Waals surface area contributed by atoms with Gasteiger partial charge in [-0.1, -0.05) is 62.9 Å². The summed E-state index contributed by atoms with van der Waals surface area (Å²) < 4.78 is 1.65. The number of carbonyl (C=O) groups is 1. The summed E-state index contributed by atoms with van der Waals surface area (Å²) in [6.07, 6.45) is 2.96. The summed E-state index contributed by atoms with van der Waals surface area (Å²) in [4.78, 5) is 31.5. The first kappa shape index (κ1) is 21.1. The zero-order chi connectivity index (χ0) is 21.5. The molecule has 4 rings (SSSR count). The minimum atomic E-state index is -0.917. The molecule has 0 spiro atoms. The van der Waals surface area contributed by atoms with Crippen LogP contribution in [0.5, 0.6) is 0 Å². The number of thioether (sulfide) groups is 1. The van der Waals surface area contributed by atoms with Gasteiger partial charge in [0.1, 0.15) is 4.83 Å². The highest BCUT2D eigenvalue weighted by molar-refractivity contribution is 7.99. The number of carboxylic acid groups (broad SMARTS) is 1. The fourth-order valence-electron chi connectivity index (χ4n) is 4.12. The van der Waals surface area contributed by atoms with Crippen molar-refractivity contribution in [1.29, 1.82) is 0 Å². The molecule has 158 valence electrons. The van der Waals surface area contributed by atoms with Crippen molar-refractivity contribution in [2.45, 2.75) is 51.7 Å². The summed E-state index contributed by atoms with van der Waals surface area (Å²) in [5, 5.41) is 10.4. The van der Waals surface area contributed by atoms with Crippen molar-refractivity contribution in [3.8, 4) is 0 Å². The van der Waals surface area contributed by atoms with Crippen LogP contribution < -0.4 is 5.56 Å². The molecule has 5 nitrogen and oxygen atoms in total. The molecule has 0 amide bonds. The molecule has 30 heavy (non-hydrogen) atoms. The normalized spacial score (nSPS) is 16.6. The predicted molar refractivity (Wildman–Crippen MR) is 123 cm³/mol. The number of thiophene rings is 1. The highest BCUT2D eigenvalue weighted by Crippen LogP contribution is 2.42. The van der Waals surface area contributed by atoms with E-state index in [0.29, 0.717) is 17.6 Å². The number of fused-ring (bicyclic) bond motifs is 3. The average Bonchev–Trinajstić information content (AvgIpc) is 3.06. The Bertz CT molecular complexity index is 1140. The highest BCUT2D eigenvalue weighted by atomic mass is 32.2. The Balaban J connectivity index is 1.82. The third kappa shape index (κ3) is 4.18. The minimum Gasteiger partial charge on any atom is -0.481 e. The zero-order valence-electron chi connectivity index (χ0n) is 17.5. The van der Waals surface area contributed by atoms with E-state index in [0.717, 1.165) is 52.4 Å². The molecule has 1 atom stereocenters. The Morgan fingerprint density at radius 2 is 2.03 bits per heavy atom. The van der Waals surface area contributed by atoms with E-state index in [1.54, 1.807) is 15.9 Å². The van der Waals surface area contributed by atoms with E-state index in [2.05, 4.69) is 20.8 Å². The number of aryl methyl sites for hydroxylation is 1. The Morgan fingerprint density at radius 3 is 2.70 bits per heavy atom. The van der Waals surface area contributed by atoms with Crippen LogP contribution in [0.3, 0.4) is 0 Å². The molecule has 1 aliphatic carbocycles. The van der Waals surface area contributed by atoms with Gasteiger partial charge in [-0.05, 0) is 41.7 Å². The molecule has 0 fully saturated rings. The predicted octanol–water partition coefficient (Wildman–Crippen LogP) is 4.83. The first-order chi connectivity index (χ1) is 14.2. The Labute approximate surface area is 184 Å². The summed E-state index contributed by atoms with van der Waals surface area (Å²) >= 11 is 2.73. The standard InChI is InChI=1S/C23H26N2O3S2/c1-23(2,3)15-9-10-16-17(11-15)30-20-19(16)21(28)25(12-14-7-5-4-6-8-14)22(24-20)29-13-18(26)27/h4-8,15H,9-13H2,1-3H3,(H,26,27). The van der Waals surface area contributed by atoms with Gasteiger partial charge in [-0.2, -0.15) is 0 Å². The molecule has 0 saturated heterocycles. The van der Waals surface area contributed by atoms with E-state index in [9.17, 15) is 9.59 Å². The van der Waals surface area contributed by atoms with Crippen molar-refractivity contribution in [1.82, 2.24) is 9.55 Å². The van der Waals surface area contributed by atoms with Crippen LogP contribution in [0.15, 0.2) is 40.3 Å². The number of aliphatic carboxylic acids is 1. The smallest absolute Gasteiger partial charge is 0.313 e. The second-order valence-corrected chi connectivity index (χ2v) is 11.0. The second-order valence-electron chi connectivity index (χ2n) is 8.94. The number of hydrogen-bond donors (Lipinski definition) is 1. The number of nitrogens with zero attached hydrogens (tertiary/aromatic N) is 2. The Morgan fingerprint density at radius 1 is 1.30 bits per heavy atom. The number of aromatic nitrogens is 2. The van der Waals surface area contributed by atoms with Crippen molar-refractivity contribution in [3.63, 3.8) is 0 Å². The minimum absolute atomic E-state index is 0.0524. The number of benzene rings is 1. The van der Waals surface area contributed by atoms with E-state index in [4.69, 9.17) is 10.1 Å². The molecular weight excluding hydrogens is 416 g/mol. The Kier molecular flexibility index (Phi) is 5.77. The molecule has 0 bridgehead atoms. The van der Waals surface area contributed by atoms with E-state index >= 15 is 0 Å². The van der Waals surface area contributed by atoms with Crippen molar-refractivity contribution in [3.05, 3.63) is 56.7 Å². The maximum Gasteiger partial charge on any atom is 0.313 e. The monoisotopic (exact) mass is 442 g/mol. The lowest BCUT2D eigenvalue weighted by molar-refractivity contribution is -0.133. The van der Waals surface area contributed by atoms with Crippen LogP contribution in [0.4, 0.5) is 0 Å². The van der Waals surface area contributed by atoms with Crippen molar-refractivity contribution in [2.24, 2.45) is 11.3 Å². The van der Waals surface area contributed by atoms with Gasteiger partial charge in [0.25, 0.3) is 5.56 Å². The largest absolute Gasteiger partial charge is 0.481 e. The average molecular weight is 443 g/mol. The summed E-state index contributed by atoms with van der Waals surface area (Å²) in [6, 6.07) is 9.76. The van der Waals surface area contributed by atoms with Gasteiger partial charge >= 0.3 is 5.97 Å². The lowest BCUT2D eigenvalue weighted by Crippen LogP contribution is -2.27. The molecule has 1 aromatic carbocycles. The maximum absolute atomic E-state index is 13.6. The lowest BCUT2D eigenvalue weighted by atomic mass is 9.72. The van der Waals surface area contributed by atoms with Gasteiger partial charge in [-0.25, -0.2) is 4.98 Å².